The number of carbonyl (C=O) groups is 1. The summed E-state index contributed by atoms with van der Waals surface area (Å²) in [6, 6.07) is 8.51. The molecule has 102 valence electrons. The van der Waals surface area contributed by atoms with Gasteiger partial charge in [-0.05, 0) is 35.4 Å². The summed E-state index contributed by atoms with van der Waals surface area (Å²) in [5.74, 6) is -0.116. The van der Waals surface area contributed by atoms with Gasteiger partial charge in [0.1, 0.15) is 11.0 Å². The van der Waals surface area contributed by atoms with E-state index in [4.69, 9.17) is 28.9 Å². The Morgan fingerprint density at radius 2 is 1.90 bits per heavy atom. The number of nitrogens with two attached hydrogens (primary N) is 1. The zero-order valence-electron chi connectivity index (χ0n) is 10.2. The van der Waals surface area contributed by atoms with Crippen LogP contribution >= 0.6 is 23.2 Å². The largest absolute Gasteiger partial charge is 0.399 e. The summed E-state index contributed by atoms with van der Waals surface area (Å²) in [6.45, 7) is 0. The van der Waals surface area contributed by atoms with E-state index in [9.17, 15) is 4.79 Å². The fraction of sp³-hybridized carbons (Fsp3) is 0. The highest BCUT2D eigenvalue weighted by molar-refractivity contribution is 6.32. The molecule has 0 saturated heterocycles. The number of benzene rings is 1. The van der Waals surface area contributed by atoms with Crippen LogP contribution in [0, 0.1) is 0 Å². The van der Waals surface area contributed by atoms with Crippen molar-refractivity contribution in [2.75, 3.05) is 11.1 Å². The second-order valence-electron chi connectivity index (χ2n) is 3.83. The maximum absolute atomic E-state index is 11.7. The third kappa shape index (κ3) is 4.22. The molecule has 2 rings (SSSR count). The topological polar surface area (TPSA) is 80.9 Å². The van der Waals surface area contributed by atoms with Crippen molar-refractivity contribution in [3.63, 3.8) is 0 Å². The number of nitrogen functional groups attached to an aromatic ring is 1. The number of anilines is 2. The molecule has 0 aliphatic heterocycles. The van der Waals surface area contributed by atoms with Crippen molar-refractivity contribution in [3.05, 3.63) is 52.4 Å². The van der Waals surface area contributed by atoms with Crippen LogP contribution < -0.4 is 11.1 Å². The highest BCUT2D eigenvalue weighted by atomic mass is 35.5. The van der Waals surface area contributed by atoms with Crippen molar-refractivity contribution >= 4 is 46.7 Å². The Morgan fingerprint density at radius 3 is 2.55 bits per heavy atom. The van der Waals surface area contributed by atoms with Crippen molar-refractivity contribution in [2.24, 2.45) is 0 Å². The smallest absolute Gasteiger partial charge is 0.249 e. The Kier molecular flexibility index (Phi) is 4.55. The molecule has 1 aromatic heterocycles. The van der Waals surface area contributed by atoms with Gasteiger partial charge in [0.15, 0.2) is 0 Å². The third-order valence-corrected chi connectivity index (χ3v) is 2.65. The zero-order valence-corrected chi connectivity index (χ0v) is 11.7. The second-order valence-corrected chi connectivity index (χ2v) is 4.56. The van der Waals surface area contributed by atoms with Gasteiger partial charge in [-0.1, -0.05) is 23.7 Å². The summed E-state index contributed by atoms with van der Waals surface area (Å²) in [6.07, 6.45) is 3.02. The predicted molar refractivity (Wildman–Crippen MR) is 80.6 cm³/mol. The van der Waals surface area contributed by atoms with Crippen molar-refractivity contribution in [1.82, 2.24) is 9.97 Å². The zero-order chi connectivity index (χ0) is 14.5. The summed E-state index contributed by atoms with van der Waals surface area (Å²) in [4.78, 5) is 19.2. The fourth-order valence-corrected chi connectivity index (χ4v) is 1.81. The van der Waals surface area contributed by atoms with Gasteiger partial charge in [-0.2, -0.15) is 0 Å². The molecular weight excluding hydrogens is 299 g/mol. The first kappa shape index (κ1) is 14.3. The first-order valence-corrected chi connectivity index (χ1v) is 6.33. The van der Waals surface area contributed by atoms with E-state index in [2.05, 4.69) is 15.3 Å². The molecule has 0 radical (unpaired) electrons. The average molecular weight is 309 g/mol. The van der Waals surface area contributed by atoms with Gasteiger partial charge < -0.3 is 11.1 Å². The first-order chi connectivity index (χ1) is 9.52. The van der Waals surface area contributed by atoms with Crippen LogP contribution in [0.5, 0.6) is 0 Å². The predicted octanol–water partition coefficient (Wildman–Crippen LogP) is 3.02. The number of hydrogen-bond acceptors (Lipinski definition) is 4. The van der Waals surface area contributed by atoms with E-state index in [-0.39, 0.29) is 22.2 Å². The first-order valence-electron chi connectivity index (χ1n) is 5.57. The standard InChI is InChI=1S/C13H10Cl2N4O/c14-10-7-11(19-13(15)17-10)18-12(20)6-3-8-1-4-9(16)5-2-8/h1-7H,16H2,(H,17,18,19,20)/b6-3+. The van der Waals surface area contributed by atoms with E-state index in [1.165, 1.54) is 12.1 Å². The molecule has 0 aliphatic carbocycles. The average Bonchev–Trinajstić information content (AvgIpc) is 2.37. The van der Waals surface area contributed by atoms with Crippen LogP contribution in [-0.4, -0.2) is 15.9 Å². The number of hydrogen-bond donors (Lipinski definition) is 2. The van der Waals surface area contributed by atoms with Crippen LogP contribution in [-0.2, 0) is 4.79 Å². The van der Waals surface area contributed by atoms with E-state index in [0.717, 1.165) is 5.56 Å². The molecule has 5 nitrogen and oxygen atoms in total. The summed E-state index contributed by atoms with van der Waals surface area (Å²) >= 11 is 11.3. The maximum Gasteiger partial charge on any atom is 0.249 e. The molecule has 1 heterocycles. The minimum absolute atomic E-state index is 0.0321. The van der Waals surface area contributed by atoms with E-state index in [1.807, 2.05) is 0 Å². The van der Waals surface area contributed by atoms with Crippen molar-refractivity contribution in [2.45, 2.75) is 0 Å². The number of rotatable bonds is 3. The molecule has 0 saturated carbocycles. The quantitative estimate of drug-likeness (QED) is 0.395. The summed E-state index contributed by atoms with van der Waals surface area (Å²) in [5.41, 5.74) is 7.09. The van der Waals surface area contributed by atoms with Crippen LogP contribution in [0.15, 0.2) is 36.4 Å². The van der Waals surface area contributed by atoms with Crippen LogP contribution in [0.1, 0.15) is 5.56 Å². The van der Waals surface area contributed by atoms with Gasteiger partial charge in [0, 0.05) is 17.8 Å². The minimum Gasteiger partial charge on any atom is -0.399 e. The van der Waals surface area contributed by atoms with Gasteiger partial charge in [-0.3, -0.25) is 4.79 Å². The van der Waals surface area contributed by atoms with Gasteiger partial charge in [0.2, 0.25) is 11.2 Å². The number of nitrogens with zero attached hydrogens (tertiary/aromatic N) is 2. The van der Waals surface area contributed by atoms with Crippen LogP contribution in [0.3, 0.4) is 0 Å². The van der Waals surface area contributed by atoms with Gasteiger partial charge in [-0.15, -0.1) is 0 Å². The Labute approximate surface area is 125 Å². The highest BCUT2D eigenvalue weighted by Crippen LogP contribution is 2.14. The van der Waals surface area contributed by atoms with Crippen molar-refractivity contribution in [3.8, 4) is 0 Å². The van der Waals surface area contributed by atoms with Crippen molar-refractivity contribution in [1.29, 1.82) is 0 Å². The molecule has 0 fully saturated rings. The molecule has 0 spiro atoms. The Hall–Kier alpha value is -2.11. The molecule has 0 bridgehead atoms. The van der Waals surface area contributed by atoms with Gasteiger partial charge >= 0.3 is 0 Å². The number of carbonyl (C=O) groups excluding carboxylic acids is 1. The minimum atomic E-state index is -0.354. The summed E-state index contributed by atoms with van der Waals surface area (Å²) in [7, 11) is 0. The lowest BCUT2D eigenvalue weighted by Crippen LogP contribution is -2.09. The molecular formula is C13H10Cl2N4O. The Morgan fingerprint density at radius 1 is 1.20 bits per heavy atom. The van der Waals surface area contributed by atoms with Crippen molar-refractivity contribution < 1.29 is 4.79 Å². The number of halogens is 2. The Bertz CT molecular complexity index is 636. The monoisotopic (exact) mass is 308 g/mol. The molecule has 20 heavy (non-hydrogen) atoms. The normalized spacial score (nSPS) is 10.7. The number of aromatic nitrogens is 2. The number of nitrogens with one attached hydrogen (secondary N) is 1. The lowest BCUT2D eigenvalue weighted by atomic mass is 10.2. The lowest BCUT2D eigenvalue weighted by Gasteiger charge is -2.01. The third-order valence-electron chi connectivity index (χ3n) is 2.28. The SMILES string of the molecule is Nc1ccc(/C=C/C(=O)Nc2cc(Cl)nc(Cl)n2)cc1. The van der Waals surface area contributed by atoms with E-state index in [0.29, 0.717) is 5.69 Å². The molecule has 1 amide bonds. The van der Waals surface area contributed by atoms with E-state index < -0.39 is 0 Å². The fourth-order valence-electron chi connectivity index (χ4n) is 1.40. The maximum atomic E-state index is 11.7. The molecule has 2 aromatic rings. The van der Waals surface area contributed by atoms with Crippen LogP contribution in [0.2, 0.25) is 10.4 Å². The number of amides is 1. The molecule has 7 heteroatoms. The van der Waals surface area contributed by atoms with Gasteiger partial charge in [-0.25, -0.2) is 9.97 Å². The second kappa shape index (κ2) is 6.36. The Balaban J connectivity index is 2.03. The molecule has 0 unspecified atom stereocenters. The van der Waals surface area contributed by atoms with Gasteiger partial charge in [0.25, 0.3) is 0 Å². The summed E-state index contributed by atoms with van der Waals surface area (Å²) < 4.78 is 0. The summed E-state index contributed by atoms with van der Waals surface area (Å²) in [5, 5.41) is 2.66. The van der Waals surface area contributed by atoms with E-state index >= 15 is 0 Å². The van der Waals surface area contributed by atoms with E-state index in [1.54, 1.807) is 30.3 Å². The highest BCUT2D eigenvalue weighted by Gasteiger charge is 2.03. The molecule has 0 atom stereocenters. The molecule has 1 aromatic carbocycles. The van der Waals surface area contributed by atoms with Crippen LogP contribution in [0.25, 0.3) is 6.08 Å². The molecule has 0 aliphatic rings. The lowest BCUT2D eigenvalue weighted by molar-refractivity contribution is -0.111. The van der Waals surface area contributed by atoms with Gasteiger partial charge in [0.05, 0.1) is 0 Å². The van der Waals surface area contributed by atoms with Crippen LogP contribution in [0.4, 0.5) is 11.5 Å². The molecule has 3 N–H and O–H groups in total.